The highest BCUT2D eigenvalue weighted by Gasteiger charge is 2.41. The lowest BCUT2D eigenvalue weighted by Gasteiger charge is -2.39. The number of benzene rings is 1. The molecule has 1 amide bonds. The van der Waals surface area contributed by atoms with Gasteiger partial charge < -0.3 is 14.4 Å². The fourth-order valence-electron chi connectivity index (χ4n) is 3.32. The van der Waals surface area contributed by atoms with Crippen LogP contribution in [0.3, 0.4) is 0 Å². The number of ether oxygens (including phenoxy) is 2. The molecule has 1 aromatic carbocycles. The van der Waals surface area contributed by atoms with E-state index in [1.807, 2.05) is 6.07 Å². The van der Waals surface area contributed by atoms with E-state index < -0.39 is 29.6 Å². The third-order valence-corrected chi connectivity index (χ3v) is 5.13. The lowest BCUT2D eigenvalue weighted by atomic mass is 9.81. The second-order valence-electron chi connectivity index (χ2n) is 7.08. The molecule has 0 aromatic heterocycles. The van der Waals surface area contributed by atoms with Gasteiger partial charge in [-0.25, -0.2) is 4.79 Å². The van der Waals surface area contributed by atoms with Gasteiger partial charge in [-0.05, 0) is 51.0 Å². The van der Waals surface area contributed by atoms with Gasteiger partial charge >= 0.3 is 5.97 Å². The van der Waals surface area contributed by atoms with E-state index >= 15 is 0 Å². The fraction of sp³-hybridized carbons (Fsp3) is 0.524. The summed E-state index contributed by atoms with van der Waals surface area (Å²) in [5.74, 6) is -0.652. The smallest absolute Gasteiger partial charge is 0.347 e. The highest BCUT2D eigenvalue weighted by Crippen LogP contribution is 2.33. The molecular formula is C21H25N3O4. The largest absolute Gasteiger partial charge is 0.479 e. The molecule has 0 unspecified atom stereocenters. The molecule has 148 valence electrons. The first-order valence-corrected chi connectivity index (χ1v) is 9.39. The van der Waals surface area contributed by atoms with Crippen molar-refractivity contribution in [1.29, 1.82) is 10.5 Å². The number of hydrogen-bond acceptors (Lipinski definition) is 6. The van der Waals surface area contributed by atoms with Crippen LogP contribution in [0.15, 0.2) is 24.3 Å². The lowest BCUT2D eigenvalue weighted by molar-refractivity contribution is -0.165. The average molecular weight is 383 g/mol. The van der Waals surface area contributed by atoms with E-state index in [4.69, 9.17) is 14.7 Å². The Morgan fingerprint density at radius 3 is 2.21 bits per heavy atom. The van der Waals surface area contributed by atoms with Crippen LogP contribution < -0.4 is 4.74 Å². The Morgan fingerprint density at radius 2 is 1.68 bits per heavy atom. The first-order valence-electron chi connectivity index (χ1n) is 9.39. The van der Waals surface area contributed by atoms with Gasteiger partial charge in [-0.3, -0.25) is 4.79 Å². The number of esters is 1. The van der Waals surface area contributed by atoms with Crippen LogP contribution in [0.25, 0.3) is 0 Å². The van der Waals surface area contributed by atoms with Crippen LogP contribution in [-0.4, -0.2) is 41.6 Å². The highest BCUT2D eigenvalue weighted by molar-refractivity contribution is 5.85. The zero-order valence-corrected chi connectivity index (χ0v) is 16.5. The molecule has 0 aliphatic heterocycles. The molecule has 1 aliphatic rings. The van der Waals surface area contributed by atoms with Gasteiger partial charge in [0.05, 0.1) is 17.7 Å². The molecule has 7 heteroatoms. The van der Waals surface area contributed by atoms with Crippen LogP contribution in [-0.2, 0) is 14.3 Å². The molecule has 1 fully saturated rings. The van der Waals surface area contributed by atoms with Crippen molar-refractivity contribution < 1.29 is 19.1 Å². The maximum atomic E-state index is 12.7. The Labute approximate surface area is 165 Å². The fourth-order valence-corrected chi connectivity index (χ4v) is 3.32. The minimum absolute atomic E-state index is 0.401. The molecule has 0 N–H and O–H groups in total. The molecule has 0 heterocycles. The van der Waals surface area contributed by atoms with E-state index in [0.717, 1.165) is 19.3 Å². The summed E-state index contributed by atoms with van der Waals surface area (Å²) in [6.45, 7) is 3.03. The summed E-state index contributed by atoms with van der Waals surface area (Å²) in [6, 6.07) is 10.6. The summed E-state index contributed by atoms with van der Waals surface area (Å²) in [5.41, 5.74) is -0.348. The van der Waals surface area contributed by atoms with Crippen LogP contribution in [0.5, 0.6) is 5.75 Å². The summed E-state index contributed by atoms with van der Waals surface area (Å²) < 4.78 is 10.8. The molecule has 1 aliphatic carbocycles. The highest BCUT2D eigenvalue weighted by atomic mass is 16.6. The standard InChI is InChI=1S/C21H25N3O4/c1-15(19(25)24(3)21(14-23)11-5-4-6-12-21)28-20(26)16(2)27-18-9-7-17(13-22)8-10-18/h7-10,15-16H,4-6,11-12H2,1-3H3/t15-,16+/m0/s1. The second kappa shape index (κ2) is 9.23. The van der Waals surface area contributed by atoms with E-state index in [1.54, 1.807) is 31.3 Å². The Bertz CT molecular complexity index is 785. The van der Waals surface area contributed by atoms with Crippen molar-refractivity contribution in [3.63, 3.8) is 0 Å². The van der Waals surface area contributed by atoms with Gasteiger partial charge in [-0.2, -0.15) is 10.5 Å². The van der Waals surface area contributed by atoms with Crippen molar-refractivity contribution >= 4 is 11.9 Å². The summed E-state index contributed by atoms with van der Waals surface area (Å²) in [5, 5.41) is 18.4. The summed E-state index contributed by atoms with van der Waals surface area (Å²) in [7, 11) is 1.60. The van der Waals surface area contributed by atoms with E-state index in [-0.39, 0.29) is 0 Å². The minimum Gasteiger partial charge on any atom is -0.479 e. The molecule has 0 bridgehead atoms. The van der Waals surface area contributed by atoms with Gasteiger partial charge in [0.1, 0.15) is 11.3 Å². The van der Waals surface area contributed by atoms with Crippen LogP contribution >= 0.6 is 0 Å². The van der Waals surface area contributed by atoms with Crippen LogP contribution in [0.1, 0.15) is 51.5 Å². The van der Waals surface area contributed by atoms with Crippen molar-refractivity contribution in [2.24, 2.45) is 0 Å². The number of likely N-dealkylation sites (N-methyl/N-ethyl adjacent to an activating group) is 1. The topological polar surface area (TPSA) is 103 Å². The van der Waals surface area contributed by atoms with Crippen molar-refractivity contribution in [2.75, 3.05) is 7.05 Å². The number of rotatable bonds is 6. The molecule has 1 aromatic rings. The normalized spacial score (nSPS) is 17.3. The number of nitriles is 2. The summed E-state index contributed by atoms with van der Waals surface area (Å²) in [6.07, 6.45) is 2.17. The van der Waals surface area contributed by atoms with Crippen molar-refractivity contribution in [3.05, 3.63) is 29.8 Å². The van der Waals surface area contributed by atoms with Gasteiger partial charge in [0.25, 0.3) is 5.91 Å². The van der Waals surface area contributed by atoms with Crippen LogP contribution in [0.2, 0.25) is 0 Å². The maximum Gasteiger partial charge on any atom is 0.347 e. The van der Waals surface area contributed by atoms with Gasteiger partial charge in [0, 0.05) is 7.05 Å². The Morgan fingerprint density at radius 1 is 1.07 bits per heavy atom. The average Bonchev–Trinajstić information content (AvgIpc) is 2.73. The zero-order valence-electron chi connectivity index (χ0n) is 16.5. The van der Waals surface area contributed by atoms with Gasteiger partial charge in [-0.1, -0.05) is 19.3 Å². The molecular weight excluding hydrogens is 358 g/mol. The Kier molecular flexibility index (Phi) is 7.00. The van der Waals surface area contributed by atoms with Crippen molar-refractivity contribution in [3.8, 4) is 17.9 Å². The Balaban J connectivity index is 1.95. The molecule has 28 heavy (non-hydrogen) atoms. The molecule has 1 saturated carbocycles. The maximum absolute atomic E-state index is 12.7. The van der Waals surface area contributed by atoms with Crippen LogP contribution in [0, 0.1) is 22.7 Å². The first-order chi connectivity index (χ1) is 13.3. The van der Waals surface area contributed by atoms with Gasteiger partial charge in [0.15, 0.2) is 12.2 Å². The van der Waals surface area contributed by atoms with Gasteiger partial charge in [-0.15, -0.1) is 0 Å². The quantitative estimate of drug-likeness (QED) is 0.700. The van der Waals surface area contributed by atoms with Gasteiger partial charge in [0.2, 0.25) is 0 Å². The summed E-state index contributed by atoms with van der Waals surface area (Å²) >= 11 is 0. The van der Waals surface area contributed by atoms with E-state index in [9.17, 15) is 14.9 Å². The summed E-state index contributed by atoms with van der Waals surface area (Å²) in [4.78, 5) is 26.4. The third kappa shape index (κ3) is 4.80. The number of amides is 1. The molecule has 0 spiro atoms. The predicted molar refractivity (Wildman–Crippen MR) is 101 cm³/mol. The van der Waals surface area contributed by atoms with Crippen LogP contribution in [0.4, 0.5) is 0 Å². The predicted octanol–water partition coefficient (Wildman–Crippen LogP) is 2.94. The monoisotopic (exact) mass is 383 g/mol. The van der Waals surface area contributed by atoms with Crippen molar-refractivity contribution in [2.45, 2.75) is 63.7 Å². The minimum atomic E-state index is -1.02. The molecule has 2 rings (SSSR count). The SMILES string of the molecule is C[C@H](OC(=O)[C@@H](C)Oc1ccc(C#N)cc1)C(=O)N(C)C1(C#N)CCCCC1. The van der Waals surface area contributed by atoms with E-state index in [0.29, 0.717) is 24.2 Å². The first kappa shape index (κ1) is 21.2. The molecule has 2 atom stereocenters. The Hall–Kier alpha value is -3.06. The van der Waals surface area contributed by atoms with E-state index in [2.05, 4.69) is 6.07 Å². The molecule has 7 nitrogen and oxygen atoms in total. The number of carbonyl (C=O) groups is 2. The number of hydrogen-bond donors (Lipinski definition) is 0. The lowest BCUT2D eigenvalue weighted by Crippen LogP contribution is -2.53. The molecule has 0 saturated heterocycles. The third-order valence-electron chi connectivity index (χ3n) is 5.13. The molecule has 0 radical (unpaired) electrons. The zero-order chi connectivity index (χ0) is 20.7. The second-order valence-corrected chi connectivity index (χ2v) is 7.08. The van der Waals surface area contributed by atoms with E-state index in [1.165, 1.54) is 18.7 Å². The number of carbonyl (C=O) groups excluding carboxylic acids is 2. The van der Waals surface area contributed by atoms with Crippen molar-refractivity contribution in [1.82, 2.24) is 4.90 Å². The number of nitrogens with zero attached hydrogens (tertiary/aromatic N) is 3.